The molecule has 0 unspecified atom stereocenters. The summed E-state index contributed by atoms with van der Waals surface area (Å²) < 4.78 is 42.3. The van der Waals surface area contributed by atoms with E-state index in [1.54, 1.807) is 0 Å². The summed E-state index contributed by atoms with van der Waals surface area (Å²) in [5.41, 5.74) is -0.952. The quantitative estimate of drug-likeness (QED) is 0.913. The van der Waals surface area contributed by atoms with Crippen molar-refractivity contribution in [1.29, 1.82) is 0 Å². The van der Waals surface area contributed by atoms with Crippen molar-refractivity contribution in [3.8, 4) is 0 Å². The SMILES string of the molecule is O=C(Cc1ocnc1C(F)(F)F)Nc1cc(Cl)cc(Cl)c1. The molecule has 0 atom stereocenters. The Labute approximate surface area is 126 Å². The third-order valence-electron chi connectivity index (χ3n) is 2.38. The fourth-order valence-electron chi connectivity index (χ4n) is 1.60. The van der Waals surface area contributed by atoms with E-state index in [0.717, 1.165) is 0 Å². The number of oxazole rings is 1. The minimum Gasteiger partial charge on any atom is -0.447 e. The summed E-state index contributed by atoms with van der Waals surface area (Å²) in [7, 11) is 0. The molecule has 2 aromatic rings. The highest BCUT2D eigenvalue weighted by Crippen LogP contribution is 2.31. The molecule has 0 saturated heterocycles. The van der Waals surface area contributed by atoms with Gasteiger partial charge in [0, 0.05) is 15.7 Å². The molecule has 9 heteroatoms. The molecule has 0 bridgehead atoms. The number of rotatable bonds is 3. The molecule has 21 heavy (non-hydrogen) atoms. The molecular formula is C12H7Cl2F3N2O2. The molecule has 1 amide bonds. The van der Waals surface area contributed by atoms with E-state index in [0.29, 0.717) is 6.39 Å². The minimum absolute atomic E-state index is 0.269. The largest absolute Gasteiger partial charge is 0.447 e. The number of amides is 1. The van der Waals surface area contributed by atoms with Crippen molar-refractivity contribution < 1.29 is 22.4 Å². The molecule has 112 valence electrons. The predicted molar refractivity (Wildman–Crippen MR) is 70.3 cm³/mol. The maximum Gasteiger partial charge on any atom is 0.436 e. The predicted octanol–water partition coefficient (Wildman–Crippen LogP) is 4.18. The maximum absolute atomic E-state index is 12.6. The van der Waals surface area contributed by atoms with E-state index in [4.69, 9.17) is 23.2 Å². The molecule has 1 aromatic carbocycles. The molecule has 0 fully saturated rings. The van der Waals surface area contributed by atoms with Gasteiger partial charge in [-0.1, -0.05) is 23.2 Å². The fraction of sp³-hybridized carbons (Fsp3) is 0.167. The van der Waals surface area contributed by atoms with Crippen molar-refractivity contribution in [1.82, 2.24) is 4.98 Å². The van der Waals surface area contributed by atoms with E-state index in [1.165, 1.54) is 18.2 Å². The number of alkyl halides is 3. The Kier molecular flexibility index (Phi) is 4.43. The first-order valence-electron chi connectivity index (χ1n) is 5.51. The maximum atomic E-state index is 12.6. The molecule has 0 saturated carbocycles. The first kappa shape index (κ1) is 15.7. The van der Waals surface area contributed by atoms with E-state index in [-0.39, 0.29) is 15.7 Å². The van der Waals surface area contributed by atoms with Gasteiger partial charge in [0.05, 0.1) is 6.42 Å². The Morgan fingerprint density at radius 3 is 2.43 bits per heavy atom. The van der Waals surface area contributed by atoms with Crippen LogP contribution in [-0.4, -0.2) is 10.9 Å². The van der Waals surface area contributed by atoms with E-state index in [9.17, 15) is 18.0 Å². The van der Waals surface area contributed by atoms with Crippen molar-refractivity contribution >= 4 is 34.8 Å². The van der Waals surface area contributed by atoms with Gasteiger partial charge in [-0.3, -0.25) is 4.79 Å². The van der Waals surface area contributed by atoms with Gasteiger partial charge in [0.25, 0.3) is 0 Å². The van der Waals surface area contributed by atoms with Crippen molar-refractivity contribution in [2.24, 2.45) is 0 Å². The highest BCUT2D eigenvalue weighted by atomic mass is 35.5. The zero-order chi connectivity index (χ0) is 15.6. The molecular weight excluding hydrogens is 332 g/mol. The number of carbonyl (C=O) groups is 1. The molecule has 2 rings (SSSR count). The van der Waals surface area contributed by atoms with Crippen molar-refractivity contribution in [2.45, 2.75) is 12.6 Å². The first-order valence-corrected chi connectivity index (χ1v) is 6.27. The van der Waals surface area contributed by atoms with Crippen LogP contribution in [0.2, 0.25) is 10.0 Å². The molecule has 0 aliphatic carbocycles. The third kappa shape index (κ3) is 4.12. The molecule has 0 radical (unpaired) electrons. The smallest absolute Gasteiger partial charge is 0.436 e. The van der Waals surface area contributed by atoms with Crippen molar-refractivity contribution in [3.05, 3.63) is 46.1 Å². The van der Waals surface area contributed by atoms with Gasteiger partial charge in [0.15, 0.2) is 12.1 Å². The molecule has 1 aromatic heterocycles. The van der Waals surface area contributed by atoms with Crippen LogP contribution in [0.4, 0.5) is 18.9 Å². The van der Waals surface area contributed by atoms with Gasteiger partial charge in [-0.25, -0.2) is 4.98 Å². The number of hydrogen-bond acceptors (Lipinski definition) is 3. The summed E-state index contributed by atoms with van der Waals surface area (Å²) in [6, 6.07) is 4.28. The minimum atomic E-state index is -4.68. The van der Waals surface area contributed by atoms with E-state index in [1.807, 2.05) is 0 Å². The van der Waals surface area contributed by atoms with Crippen LogP contribution in [0.15, 0.2) is 29.0 Å². The highest BCUT2D eigenvalue weighted by Gasteiger charge is 2.37. The average Bonchev–Trinajstić information content (AvgIpc) is 2.74. The monoisotopic (exact) mass is 338 g/mol. The zero-order valence-corrected chi connectivity index (χ0v) is 11.7. The van der Waals surface area contributed by atoms with Crippen LogP contribution in [0.5, 0.6) is 0 Å². The zero-order valence-electron chi connectivity index (χ0n) is 10.2. The number of halogens is 5. The molecule has 1 heterocycles. The lowest BCUT2D eigenvalue weighted by Crippen LogP contribution is -2.17. The topological polar surface area (TPSA) is 55.1 Å². The summed E-state index contributed by atoms with van der Waals surface area (Å²) in [5, 5.41) is 2.95. The second-order valence-corrected chi connectivity index (χ2v) is 4.88. The lowest BCUT2D eigenvalue weighted by atomic mass is 10.2. The first-order chi connectivity index (χ1) is 9.75. The average molecular weight is 339 g/mol. The summed E-state index contributed by atoms with van der Waals surface area (Å²) in [5.74, 6) is -1.27. The van der Waals surface area contributed by atoms with Gasteiger partial charge in [-0.05, 0) is 18.2 Å². The van der Waals surface area contributed by atoms with Crippen LogP contribution in [0.1, 0.15) is 11.5 Å². The number of carbonyl (C=O) groups excluding carboxylic acids is 1. The lowest BCUT2D eigenvalue weighted by Gasteiger charge is -2.07. The highest BCUT2D eigenvalue weighted by molar-refractivity contribution is 6.35. The Balaban J connectivity index is 2.11. The van der Waals surface area contributed by atoms with Gasteiger partial charge >= 0.3 is 6.18 Å². The summed E-state index contributed by atoms with van der Waals surface area (Å²) in [6.45, 7) is 0. The fourth-order valence-corrected chi connectivity index (χ4v) is 2.13. The number of hydrogen-bond donors (Lipinski definition) is 1. The van der Waals surface area contributed by atoms with Crippen LogP contribution in [-0.2, 0) is 17.4 Å². The third-order valence-corrected chi connectivity index (χ3v) is 2.81. The van der Waals surface area contributed by atoms with Gasteiger partial charge in [0.1, 0.15) is 5.76 Å². The van der Waals surface area contributed by atoms with Gasteiger partial charge in [0.2, 0.25) is 5.91 Å². The van der Waals surface area contributed by atoms with Crippen LogP contribution in [0, 0.1) is 0 Å². The van der Waals surface area contributed by atoms with Gasteiger partial charge in [-0.15, -0.1) is 0 Å². The summed E-state index contributed by atoms with van der Waals surface area (Å²) in [4.78, 5) is 14.8. The summed E-state index contributed by atoms with van der Waals surface area (Å²) >= 11 is 11.5. The standard InChI is InChI=1S/C12H7Cl2F3N2O2/c13-6-1-7(14)3-8(2-6)19-10(20)4-9-11(12(15,16)17)18-5-21-9/h1-3,5H,4H2,(H,19,20). The van der Waals surface area contributed by atoms with Crippen LogP contribution < -0.4 is 5.32 Å². The summed E-state index contributed by atoms with van der Waals surface area (Å²) in [6.07, 6.45) is -4.65. The Bertz CT molecular complexity index is 651. The van der Waals surface area contributed by atoms with Crippen LogP contribution >= 0.6 is 23.2 Å². The number of benzene rings is 1. The van der Waals surface area contributed by atoms with Crippen molar-refractivity contribution in [3.63, 3.8) is 0 Å². The number of anilines is 1. The van der Waals surface area contributed by atoms with Gasteiger partial charge in [-0.2, -0.15) is 13.2 Å². The number of nitrogens with one attached hydrogen (secondary N) is 1. The molecule has 0 spiro atoms. The van der Waals surface area contributed by atoms with Crippen molar-refractivity contribution in [2.75, 3.05) is 5.32 Å². The second-order valence-electron chi connectivity index (χ2n) is 4.00. The second kappa shape index (κ2) is 5.95. The van der Waals surface area contributed by atoms with E-state index in [2.05, 4.69) is 14.7 Å². The number of aromatic nitrogens is 1. The van der Waals surface area contributed by atoms with E-state index >= 15 is 0 Å². The molecule has 0 aliphatic heterocycles. The normalized spacial score (nSPS) is 11.5. The lowest BCUT2D eigenvalue weighted by molar-refractivity contribution is -0.142. The van der Waals surface area contributed by atoms with Crippen LogP contribution in [0.3, 0.4) is 0 Å². The molecule has 1 N–H and O–H groups in total. The van der Waals surface area contributed by atoms with E-state index < -0.39 is 30.0 Å². The Morgan fingerprint density at radius 1 is 1.24 bits per heavy atom. The number of nitrogens with zero attached hydrogens (tertiary/aromatic N) is 1. The molecule has 4 nitrogen and oxygen atoms in total. The van der Waals surface area contributed by atoms with Crippen LogP contribution in [0.25, 0.3) is 0 Å². The molecule has 0 aliphatic rings. The Morgan fingerprint density at radius 2 is 1.86 bits per heavy atom. The van der Waals surface area contributed by atoms with Gasteiger partial charge < -0.3 is 9.73 Å². The Hall–Kier alpha value is -1.73.